The van der Waals surface area contributed by atoms with Gasteiger partial charge >= 0.3 is 6.18 Å². The summed E-state index contributed by atoms with van der Waals surface area (Å²) >= 11 is 1.78. The van der Waals surface area contributed by atoms with Crippen LogP contribution in [0, 0.1) is 0 Å². The van der Waals surface area contributed by atoms with Crippen LogP contribution in [0.5, 0.6) is 0 Å². The molecule has 0 aliphatic carbocycles. The second kappa shape index (κ2) is 7.04. The highest BCUT2D eigenvalue weighted by Crippen LogP contribution is 2.30. The second-order valence-corrected chi connectivity index (χ2v) is 5.21. The van der Waals surface area contributed by atoms with Gasteiger partial charge in [-0.1, -0.05) is 26.0 Å². The highest BCUT2D eigenvalue weighted by atomic mass is 32.2. The molecule has 18 heavy (non-hydrogen) atoms. The Hall–Kier alpha value is -0.680. The molecule has 1 aromatic carbocycles. The van der Waals surface area contributed by atoms with E-state index in [0.717, 1.165) is 35.7 Å². The van der Waals surface area contributed by atoms with Gasteiger partial charge in [0.25, 0.3) is 0 Å². The van der Waals surface area contributed by atoms with E-state index in [0.29, 0.717) is 0 Å². The van der Waals surface area contributed by atoms with Crippen LogP contribution in [0.25, 0.3) is 0 Å². The number of alkyl halides is 3. The van der Waals surface area contributed by atoms with Crippen molar-refractivity contribution in [1.29, 1.82) is 0 Å². The Morgan fingerprint density at radius 2 is 1.78 bits per heavy atom. The van der Waals surface area contributed by atoms with Gasteiger partial charge in [0.2, 0.25) is 0 Å². The van der Waals surface area contributed by atoms with Gasteiger partial charge in [-0.2, -0.15) is 24.9 Å². The SMILES string of the molecule is CCNC(CSCC)c1ccc(C(F)(F)F)cc1. The third-order valence-corrected chi connectivity index (χ3v) is 3.56. The molecular weight excluding hydrogens is 259 g/mol. The monoisotopic (exact) mass is 277 g/mol. The predicted molar refractivity (Wildman–Crippen MR) is 70.9 cm³/mol. The lowest BCUT2D eigenvalue weighted by molar-refractivity contribution is -0.137. The Labute approximate surface area is 110 Å². The summed E-state index contributed by atoms with van der Waals surface area (Å²) < 4.78 is 37.4. The molecule has 102 valence electrons. The minimum Gasteiger partial charge on any atom is -0.310 e. The first-order valence-electron chi connectivity index (χ1n) is 5.97. The standard InChI is InChI=1S/C13H18F3NS/c1-3-17-12(9-18-4-2)10-5-7-11(8-6-10)13(14,15)16/h5-8,12,17H,3-4,9H2,1-2H3. The van der Waals surface area contributed by atoms with Gasteiger partial charge in [0.1, 0.15) is 0 Å². The lowest BCUT2D eigenvalue weighted by Crippen LogP contribution is -2.23. The molecule has 1 N–H and O–H groups in total. The van der Waals surface area contributed by atoms with Gasteiger partial charge in [0.15, 0.2) is 0 Å². The number of halogens is 3. The number of thioether (sulfide) groups is 1. The first-order chi connectivity index (χ1) is 8.49. The maximum atomic E-state index is 12.5. The molecule has 0 aromatic heterocycles. The Morgan fingerprint density at radius 1 is 1.17 bits per heavy atom. The molecule has 0 heterocycles. The fraction of sp³-hybridized carbons (Fsp3) is 0.538. The van der Waals surface area contributed by atoms with Gasteiger partial charge in [-0.15, -0.1) is 0 Å². The van der Waals surface area contributed by atoms with Crippen LogP contribution in [0.3, 0.4) is 0 Å². The van der Waals surface area contributed by atoms with Gasteiger partial charge in [0, 0.05) is 11.8 Å². The predicted octanol–water partition coefficient (Wildman–Crippen LogP) is 4.11. The molecule has 1 nitrogen and oxygen atoms in total. The fourth-order valence-electron chi connectivity index (χ4n) is 1.66. The molecule has 1 atom stereocenters. The topological polar surface area (TPSA) is 12.0 Å². The van der Waals surface area contributed by atoms with Crippen molar-refractivity contribution in [1.82, 2.24) is 5.32 Å². The number of nitrogens with one attached hydrogen (secondary N) is 1. The van der Waals surface area contributed by atoms with Crippen LogP contribution in [0.1, 0.15) is 31.0 Å². The van der Waals surface area contributed by atoms with E-state index in [4.69, 9.17) is 0 Å². The summed E-state index contributed by atoms with van der Waals surface area (Å²) in [6, 6.07) is 5.54. The Balaban J connectivity index is 2.79. The number of hydrogen-bond acceptors (Lipinski definition) is 2. The highest BCUT2D eigenvalue weighted by Gasteiger charge is 2.30. The van der Waals surface area contributed by atoms with Crippen LogP contribution >= 0.6 is 11.8 Å². The average Bonchev–Trinajstić information content (AvgIpc) is 2.33. The zero-order chi connectivity index (χ0) is 13.6. The average molecular weight is 277 g/mol. The third kappa shape index (κ3) is 4.53. The maximum absolute atomic E-state index is 12.5. The van der Waals surface area contributed by atoms with E-state index in [1.165, 1.54) is 0 Å². The molecule has 1 aromatic rings. The van der Waals surface area contributed by atoms with Crippen LogP contribution in [-0.2, 0) is 6.18 Å². The summed E-state index contributed by atoms with van der Waals surface area (Å²) in [6.45, 7) is 4.87. The van der Waals surface area contributed by atoms with Crippen molar-refractivity contribution in [3.8, 4) is 0 Å². The van der Waals surface area contributed by atoms with E-state index in [1.54, 1.807) is 23.9 Å². The van der Waals surface area contributed by atoms with Gasteiger partial charge in [0.05, 0.1) is 5.56 Å². The summed E-state index contributed by atoms with van der Waals surface area (Å²) in [7, 11) is 0. The first-order valence-corrected chi connectivity index (χ1v) is 7.12. The molecule has 0 saturated carbocycles. The van der Waals surface area contributed by atoms with E-state index in [9.17, 15) is 13.2 Å². The third-order valence-electron chi connectivity index (χ3n) is 2.58. The lowest BCUT2D eigenvalue weighted by Gasteiger charge is -2.18. The largest absolute Gasteiger partial charge is 0.416 e. The first kappa shape index (κ1) is 15.4. The molecule has 0 aliphatic rings. The smallest absolute Gasteiger partial charge is 0.310 e. The minimum absolute atomic E-state index is 0.113. The Bertz CT molecular complexity index is 348. The van der Waals surface area contributed by atoms with Crippen molar-refractivity contribution in [3.63, 3.8) is 0 Å². The molecule has 0 fully saturated rings. The van der Waals surface area contributed by atoms with E-state index >= 15 is 0 Å². The molecular formula is C13H18F3NS. The van der Waals surface area contributed by atoms with Gasteiger partial charge in [-0.25, -0.2) is 0 Å². The van der Waals surface area contributed by atoms with Crippen LogP contribution in [0.4, 0.5) is 13.2 Å². The number of rotatable bonds is 6. The molecule has 1 unspecified atom stereocenters. The molecule has 1 rings (SSSR count). The quantitative estimate of drug-likeness (QED) is 0.840. The maximum Gasteiger partial charge on any atom is 0.416 e. The van der Waals surface area contributed by atoms with Crippen LogP contribution in [-0.4, -0.2) is 18.1 Å². The normalized spacial score (nSPS) is 13.6. The van der Waals surface area contributed by atoms with Crippen molar-refractivity contribution >= 4 is 11.8 Å². The summed E-state index contributed by atoms with van der Waals surface area (Å²) in [5, 5.41) is 3.29. The van der Waals surface area contributed by atoms with Gasteiger partial charge in [-0.05, 0) is 30.0 Å². The highest BCUT2D eigenvalue weighted by molar-refractivity contribution is 7.99. The summed E-state index contributed by atoms with van der Waals surface area (Å²) in [5.41, 5.74) is 0.315. The summed E-state index contributed by atoms with van der Waals surface area (Å²) in [4.78, 5) is 0. The zero-order valence-corrected chi connectivity index (χ0v) is 11.4. The van der Waals surface area contributed by atoms with E-state index in [2.05, 4.69) is 12.2 Å². The van der Waals surface area contributed by atoms with E-state index < -0.39 is 11.7 Å². The van der Waals surface area contributed by atoms with Crippen molar-refractivity contribution in [2.24, 2.45) is 0 Å². The van der Waals surface area contributed by atoms with Crippen molar-refractivity contribution in [2.45, 2.75) is 26.1 Å². The van der Waals surface area contributed by atoms with E-state index in [-0.39, 0.29) is 6.04 Å². The molecule has 5 heteroatoms. The summed E-state index contributed by atoms with van der Waals surface area (Å²) in [6.07, 6.45) is -4.26. The second-order valence-electron chi connectivity index (χ2n) is 3.89. The molecule has 0 amide bonds. The molecule has 0 spiro atoms. The fourth-order valence-corrected chi connectivity index (χ4v) is 2.44. The molecule has 0 radical (unpaired) electrons. The Kier molecular flexibility index (Phi) is 6.02. The van der Waals surface area contributed by atoms with Crippen LogP contribution in [0.15, 0.2) is 24.3 Å². The van der Waals surface area contributed by atoms with Crippen molar-refractivity contribution in [2.75, 3.05) is 18.1 Å². The molecule has 0 aliphatic heterocycles. The molecule has 0 bridgehead atoms. The molecule has 0 saturated heterocycles. The van der Waals surface area contributed by atoms with Gasteiger partial charge in [-0.3, -0.25) is 0 Å². The zero-order valence-electron chi connectivity index (χ0n) is 10.6. The van der Waals surface area contributed by atoms with Crippen molar-refractivity contribution in [3.05, 3.63) is 35.4 Å². The van der Waals surface area contributed by atoms with E-state index in [1.807, 2.05) is 6.92 Å². The minimum atomic E-state index is -4.26. The van der Waals surface area contributed by atoms with Crippen LogP contribution in [0.2, 0.25) is 0 Å². The number of hydrogen-bond donors (Lipinski definition) is 1. The van der Waals surface area contributed by atoms with Crippen LogP contribution < -0.4 is 5.32 Å². The lowest BCUT2D eigenvalue weighted by atomic mass is 10.1. The van der Waals surface area contributed by atoms with Crippen molar-refractivity contribution < 1.29 is 13.2 Å². The Morgan fingerprint density at radius 3 is 2.22 bits per heavy atom. The van der Waals surface area contributed by atoms with Gasteiger partial charge < -0.3 is 5.32 Å². The summed E-state index contributed by atoms with van der Waals surface area (Å²) in [5.74, 6) is 1.87. The number of benzene rings is 1.